The number of carbonyl (C=O) groups excluding carboxylic acids is 1. The normalized spacial score (nSPS) is 9.73. The first-order valence-corrected chi connectivity index (χ1v) is 4.39. The first kappa shape index (κ1) is 11.2. The Morgan fingerprint density at radius 3 is 2.67 bits per heavy atom. The highest BCUT2D eigenvalue weighted by molar-refractivity contribution is 5.96. The largest absolute Gasteiger partial charge is 0.478 e. The molecule has 1 amide bonds. The maximum atomic E-state index is 11.0. The zero-order valence-corrected chi connectivity index (χ0v) is 8.28. The second kappa shape index (κ2) is 4.56. The molecule has 4 N–H and O–H groups in total. The molecule has 0 saturated heterocycles. The number of aromatic carboxylic acids is 1. The van der Waals surface area contributed by atoms with Gasteiger partial charge in [0.25, 0.3) is 0 Å². The molecule has 0 radical (unpaired) electrons. The van der Waals surface area contributed by atoms with E-state index in [1.807, 2.05) is 0 Å². The van der Waals surface area contributed by atoms with Gasteiger partial charge < -0.3 is 16.2 Å². The summed E-state index contributed by atoms with van der Waals surface area (Å²) >= 11 is 0. The smallest absolute Gasteiger partial charge is 0.336 e. The average Bonchev–Trinajstić information content (AvgIpc) is 2.20. The summed E-state index contributed by atoms with van der Waals surface area (Å²) in [7, 11) is 0. The Hall–Kier alpha value is -1.88. The molecule has 0 aromatic heterocycles. The van der Waals surface area contributed by atoms with Gasteiger partial charge in [0.1, 0.15) is 0 Å². The van der Waals surface area contributed by atoms with Crippen LogP contribution in [-0.2, 0) is 4.79 Å². The monoisotopic (exact) mass is 208 g/mol. The zero-order chi connectivity index (χ0) is 11.4. The van der Waals surface area contributed by atoms with Gasteiger partial charge in [-0.25, -0.2) is 4.79 Å². The third-order valence-electron chi connectivity index (χ3n) is 2.02. The maximum Gasteiger partial charge on any atom is 0.336 e. The summed E-state index contributed by atoms with van der Waals surface area (Å²) in [4.78, 5) is 21.8. The quantitative estimate of drug-likeness (QED) is 0.677. The number of carboxylic acids is 1. The summed E-state index contributed by atoms with van der Waals surface area (Å²) in [5.41, 5.74) is 6.31. The van der Waals surface area contributed by atoms with Crippen molar-refractivity contribution in [3.63, 3.8) is 0 Å². The Labute approximate surface area is 86.9 Å². The third kappa shape index (κ3) is 2.54. The predicted molar refractivity (Wildman–Crippen MR) is 55.8 cm³/mol. The second-order valence-corrected chi connectivity index (χ2v) is 3.04. The minimum atomic E-state index is -1.02. The number of rotatable bonds is 3. The molecule has 5 nitrogen and oxygen atoms in total. The maximum absolute atomic E-state index is 11.0. The lowest BCUT2D eigenvalue weighted by atomic mass is 10.1. The van der Waals surface area contributed by atoms with Crippen molar-refractivity contribution in [2.75, 3.05) is 11.9 Å². The van der Waals surface area contributed by atoms with Crippen LogP contribution in [0.1, 0.15) is 15.9 Å². The van der Waals surface area contributed by atoms with Gasteiger partial charge in [0.05, 0.1) is 12.1 Å². The van der Waals surface area contributed by atoms with Crippen LogP contribution in [-0.4, -0.2) is 23.5 Å². The van der Waals surface area contributed by atoms with Crippen molar-refractivity contribution in [1.29, 1.82) is 0 Å². The van der Waals surface area contributed by atoms with Crippen LogP contribution in [0.3, 0.4) is 0 Å². The van der Waals surface area contributed by atoms with E-state index < -0.39 is 5.97 Å². The van der Waals surface area contributed by atoms with Gasteiger partial charge in [0.15, 0.2) is 0 Å². The molecular weight excluding hydrogens is 196 g/mol. The number of amides is 1. The average molecular weight is 208 g/mol. The molecule has 5 heteroatoms. The van der Waals surface area contributed by atoms with Gasteiger partial charge in [-0.3, -0.25) is 4.79 Å². The van der Waals surface area contributed by atoms with E-state index in [-0.39, 0.29) is 18.0 Å². The van der Waals surface area contributed by atoms with Crippen molar-refractivity contribution in [2.45, 2.75) is 6.92 Å². The Bertz CT molecular complexity index is 402. The van der Waals surface area contributed by atoms with Crippen LogP contribution in [0.4, 0.5) is 5.69 Å². The van der Waals surface area contributed by atoms with Gasteiger partial charge in [-0.2, -0.15) is 0 Å². The minimum Gasteiger partial charge on any atom is -0.478 e. The zero-order valence-electron chi connectivity index (χ0n) is 8.28. The molecule has 0 heterocycles. The van der Waals surface area contributed by atoms with E-state index in [9.17, 15) is 9.59 Å². The van der Waals surface area contributed by atoms with E-state index in [0.717, 1.165) is 0 Å². The van der Waals surface area contributed by atoms with E-state index in [4.69, 9.17) is 10.8 Å². The van der Waals surface area contributed by atoms with Gasteiger partial charge in [0.2, 0.25) is 5.91 Å². The first-order valence-electron chi connectivity index (χ1n) is 4.39. The number of nitrogens with two attached hydrogens (primary N) is 1. The molecule has 1 aromatic rings. The van der Waals surface area contributed by atoms with E-state index in [0.29, 0.717) is 11.3 Å². The summed E-state index contributed by atoms with van der Waals surface area (Å²) in [6, 6.07) is 4.69. The van der Waals surface area contributed by atoms with Crippen LogP contribution in [0.15, 0.2) is 18.2 Å². The number of anilines is 1. The fourth-order valence-corrected chi connectivity index (χ4v) is 1.20. The minimum absolute atomic E-state index is 0.128. The molecule has 0 bridgehead atoms. The molecule has 0 spiro atoms. The standard InChI is InChI=1S/C10H12N2O3/c1-6-7(10(14)15)3-2-4-8(6)12-9(13)5-11/h2-4H,5,11H2,1H3,(H,12,13)(H,14,15). The van der Waals surface area contributed by atoms with Crippen LogP contribution in [0.2, 0.25) is 0 Å². The summed E-state index contributed by atoms with van der Waals surface area (Å²) in [5, 5.41) is 11.4. The lowest BCUT2D eigenvalue weighted by Gasteiger charge is -2.09. The topological polar surface area (TPSA) is 92.4 Å². The van der Waals surface area contributed by atoms with Crippen molar-refractivity contribution in [1.82, 2.24) is 0 Å². The summed E-state index contributed by atoms with van der Waals surface area (Å²) in [6.07, 6.45) is 0. The number of hydrogen-bond donors (Lipinski definition) is 3. The van der Waals surface area contributed by atoms with Crippen molar-refractivity contribution < 1.29 is 14.7 Å². The van der Waals surface area contributed by atoms with E-state index in [1.165, 1.54) is 6.07 Å². The third-order valence-corrected chi connectivity index (χ3v) is 2.02. The molecule has 1 aromatic carbocycles. The Balaban J connectivity index is 3.04. The fraction of sp³-hybridized carbons (Fsp3) is 0.200. The molecule has 15 heavy (non-hydrogen) atoms. The first-order chi connectivity index (χ1) is 7.06. The summed E-state index contributed by atoms with van der Waals surface area (Å²) in [6.45, 7) is 1.51. The van der Waals surface area contributed by atoms with Crippen molar-refractivity contribution in [3.8, 4) is 0 Å². The van der Waals surface area contributed by atoms with Crippen LogP contribution in [0.5, 0.6) is 0 Å². The predicted octanol–water partition coefficient (Wildman–Crippen LogP) is 0.590. The second-order valence-electron chi connectivity index (χ2n) is 3.04. The lowest BCUT2D eigenvalue weighted by molar-refractivity contribution is -0.114. The molecule has 0 aliphatic carbocycles. The van der Waals surface area contributed by atoms with Crippen molar-refractivity contribution in [2.24, 2.45) is 5.73 Å². The number of carbonyl (C=O) groups is 2. The highest BCUT2D eigenvalue weighted by Gasteiger charge is 2.10. The molecule has 80 valence electrons. The molecule has 0 aliphatic heterocycles. The molecule has 0 atom stereocenters. The van der Waals surface area contributed by atoms with Gasteiger partial charge >= 0.3 is 5.97 Å². The Kier molecular flexibility index (Phi) is 3.41. The molecule has 0 unspecified atom stereocenters. The highest BCUT2D eigenvalue weighted by Crippen LogP contribution is 2.18. The van der Waals surface area contributed by atoms with Crippen LogP contribution >= 0.6 is 0 Å². The van der Waals surface area contributed by atoms with E-state index in [1.54, 1.807) is 19.1 Å². The molecule has 1 rings (SSSR count). The molecule has 0 fully saturated rings. The van der Waals surface area contributed by atoms with E-state index in [2.05, 4.69) is 5.32 Å². The number of hydrogen-bond acceptors (Lipinski definition) is 3. The highest BCUT2D eigenvalue weighted by atomic mass is 16.4. The van der Waals surface area contributed by atoms with Crippen LogP contribution in [0, 0.1) is 6.92 Å². The summed E-state index contributed by atoms with van der Waals surface area (Å²) in [5.74, 6) is -1.36. The molecule has 0 saturated carbocycles. The Morgan fingerprint density at radius 1 is 1.47 bits per heavy atom. The fourth-order valence-electron chi connectivity index (χ4n) is 1.20. The number of nitrogens with one attached hydrogen (secondary N) is 1. The number of carboxylic acid groups (broad SMARTS) is 1. The number of benzene rings is 1. The van der Waals surface area contributed by atoms with Crippen molar-refractivity contribution >= 4 is 17.6 Å². The van der Waals surface area contributed by atoms with Gasteiger partial charge in [-0.15, -0.1) is 0 Å². The summed E-state index contributed by atoms with van der Waals surface area (Å²) < 4.78 is 0. The SMILES string of the molecule is Cc1c(NC(=O)CN)cccc1C(=O)O. The Morgan fingerprint density at radius 2 is 2.13 bits per heavy atom. The van der Waals surface area contributed by atoms with Crippen molar-refractivity contribution in [3.05, 3.63) is 29.3 Å². The van der Waals surface area contributed by atoms with Gasteiger partial charge in [0, 0.05) is 5.69 Å². The van der Waals surface area contributed by atoms with E-state index >= 15 is 0 Å². The molecule has 0 aliphatic rings. The van der Waals surface area contributed by atoms with Gasteiger partial charge in [-0.05, 0) is 24.6 Å². The van der Waals surface area contributed by atoms with Crippen LogP contribution < -0.4 is 11.1 Å². The lowest BCUT2D eigenvalue weighted by Crippen LogP contribution is -2.22. The molecular formula is C10H12N2O3. The van der Waals surface area contributed by atoms with Crippen LogP contribution in [0.25, 0.3) is 0 Å². The van der Waals surface area contributed by atoms with Gasteiger partial charge in [-0.1, -0.05) is 6.07 Å².